The van der Waals surface area contributed by atoms with Gasteiger partial charge in [0.05, 0.1) is 3.57 Å². The van der Waals surface area contributed by atoms with Crippen LogP contribution in [0.5, 0.6) is 5.75 Å². The highest BCUT2D eigenvalue weighted by Crippen LogP contribution is 2.21. The largest absolute Gasteiger partial charge is 0.507 e. The molecule has 1 aromatic rings. The van der Waals surface area contributed by atoms with Crippen molar-refractivity contribution in [2.75, 3.05) is 32.7 Å². The zero-order valence-corrected chi connectivity index (χ0v) is 12.6. The molecule has 0 spiro atoms. The van der Waals surface area contributed by atoms with E-state index in [1.807, 2.05) is 27.5 Å². The molecule has 0 aliphatic carbocycles. The summed E-state index contributed by atoms with van der Waals surface area (Å²) in [7, 11) is 0. The third-order valence-electron chi connectivity index (χ3n) is 3.30. The van der Waals surface area contributed by atoms with Crippen molar-refractivity contribution in [1.82, 2.24) is 9.80 Å². The maximum atomic E-state index is 12.3. The molecule has 0 aromatic heterocycles. The van der Waals surface area contributed by atoms with E-state index in [9.17, 15) is 9.90 Å². The Morgan fingerprint density at radius 2 is 2.00 bits per heavy atom. The van der Waals surface area contributed by atoms with Crippen LogP contribution >= 0.6 is 22.6 Å². The normalized spacial score (nSPS) is 16.9. The highest BCUT2D eigenvalue weighted by atomic mass is 127. The number of halogens is 1. The Labute approximate surface area is 121 Å². The molecule has 1 heterocycles. The second kappa shape index (κ2) is 5.88. The Bertz CT molecular complexity index is 443. The Kier molecular flexibility index (Phi) is 4.45. The Morgan fingerprint density at radius 1 is 1.33 bits per heavy atom. The number of carbonyl (C=O) groups excluding carboxylic acids is 1. The molecule has 98 valence electrons. The number of phenols is 1. The van der Waals surface area contributed by atoms with E-state index in [-0.39, 0.29) is 11.7 Å². The van der Waals surface area contributed by atoms with Gasteiger partial charge >= 0.3 is 0 Å². The Balaban J connectivity index is 2.05. The predicted molar refractivity (Wildman–Crippen MR) is 78.8 cm³/mol. The van der Waals surface area contributed by atoms with Gasteiger partial charge < -0.3 is 14.9 Å². The second-order valence-electron chi connectivity index (χ2n) is 4.39. The third-order valence-corrected chi connectivity index (χ3v) is 4.21. The van der Waals surface area contributed by atoms with Gasteiger partial charge in [-0.15, -0.1) is 0 Å². The number of aromatic hydroxyl groups is 1. The molecule has 1 aromatic carbocycles. The van der Waals surface area contributed by atoms with Crippen molar-refractivity contribution < 1.29 is 9.90 Å². The number of carbonyl (C=O) groups is 1. The fourth-order valence-electron chi connectivity index (χ4n) is 2.10. The van der Waals surface area contributed by atoms with Crippen molar-refractivity contribution in [2.45, 2.75) is 6.92 Å². The number of nitrogens with zero attached hydrogens (tertiary/aromatic N) is 2. The maximum Gasteiger partial charge on any atom is 0.254 e. The lowest BCUT2D eigenvalue weighted by Gasteiger charge is -2.34. The van der Waals surface area contributed by atoms with E-state index in [1.54, 1.807) is 18.2 Å². The van der Waals surface area contributed by atoms with Crippen LogP contribution in [0.1, 0.15) is 17.3 Å². The van der Waals surface area contributed by atoms with Crippen LogP contribution in [0.3, 0.4) is 0 Å². The molecule has 1 N–H and O–H groups in total. The van der Waals surface area contributed by atoms with Gasteiger partial charge in [-0.05, 0) is 47.3 Å². The van der Waals surface area contributed by atoms with Crippen molar-refractivity contribution in [1.29, 1.82) is 0 Å². The summed E-state index contributed by atoms with van der Waals surface area (Å²) in [6.07, 6.45) is 0. The van der Waals surface area contributed by atoms with E-state index in [2.05, 4.69) is 11.8 Å². The van der Waals surface area contributed by atoms with Gasteiger partial charge in [0.15, 0.2) is 0 Å². The van der Waals surface area contributed by atoms with Gasteiger partial charge in [0, 0.05) is 31.7 Å². The summed E-state index contributed by atoms with van der Waals surface area (Å²) in [5.74, 6) is 0.186. The topological polar surface area (TPSA) is 43.8 Å². The Hall–Kier alpha value is -0.820. The molecule has 0 saturated carbocycles. The summed E-state index contributed by atoms with van der Waals surface area (Å²) in [6, 6.07) is 5.09. The van der Waals surface area contributed by atoms with Crippen molar-refractivity contribution in [3.63, 3.8) is 0 Å². The average molecular weight is 360 g/mol. The van der Waals surface area contributed by atoms with Crippen molar-refractivity contribution in [3.05, 3.63) is 27.3 Å². The minimum atomic E-state index is 0.0115. The van der Waals surface area contributed by atoms with E-state index in [1.165, 1.54) is 0 Å². The van der Waals surface area contributed by atoms with Crippen molar-refractivity contribution >= 4 is 28.5 Å². The molecule has 1 fully saturated rings. The standard InChI is InChI=1S/C13H17IN2O2/c1-2-15-5-7-16(8-6-15)13(18)10-3-4-11(14)12(17)9-10/h3-4,9,17H,2,5-8H2,1H3. The molecular weight excluding hydrogens is 343 g/mol. The van der Waals surface area contributed by atoms with Crippen LogP contribution in [-0.2, 0) is 0 Å². The van der Waals surface area contributed by atoms with Gasteiger partial charge in [-0.1, -0.05) is 6.92 Å². The van der Waals surface area contributed by atoms with Crippen LogP contribution in [0.4, 0.5) is 0 Å². The van der Waals surface area contributed by atoms with Crippen LogP contribution in [0.25, 0.3) is 0 Å². The van der Waals surface area contributed by atoms with Gasteiger partial charge in [0.1, 0.15) is 5.75 Å². The summed E-state index contributed by atoms with van der Waals surface area (Å²) >= 11 is 2.04. The molecule has 1 aliphatic heterocycles. The summed E-state index contributed by atoms with van der Waals surface area (Å²) in [6.45, 7) is 6.55. The average Bonchev–Trinajstić information content (AvgIpc) is 2.41. The molecule has 0 unspecified atom stereocenters. The highest BCUT2D eigenvalue weighted by molar-refractivity contribution is 14.1. The number of piperazine rings is 1. The van der Waals surface area contributed by atoms with E-state index in [4.69, 9.17) is 0 Å². The quantitative estimate of drug-likeness (QED) is 0.818. The smallest absolute Gasteiger partial charge is 0.254 e. The molecule has 0 bridgehead atoms. The van der Waals surface area contributed by atoms with E-state index >= 15 is 0 Å². The summed E-state index contributed by atoms with van der Waals surface area (Å²) in [5, 5.41) is 9.64. The first-order valence-electron chi connectivity index (χ1n) is 6.12. The minimum Gasteiger partial charge on any atom is -0.507 e. The minimum absolute atomic E-state index is 0.0115. The third kappa shape index (κ3) is 2.95. The monoisotopic (exact) mass is 360 g/mol. The van der Waals surface area contributed by atoms with Gasteiger partial charge in [0.25, 0.3) is 5.91 Å². The van der Waals surface area contributed by atoms with Gasteiger partial charge in [-0.3, -0.25) is 4.79 Å². The number of phenolic OH excluding ortho intramolecular Hbond substituents is 1. The SMILES string of the molecule is CCN1CCN(C(=O)c2ccc(I)c(O)c2)CC1. The summed E-state index contributed by atoms with van der Waals surface area (Å²) in [4.78, 5) is 16.4. The molecule has 2 rings (SSSR count). The molecule has 4 nitrogen and oxygen atoms in total. The first-order chi connectivity index (χ1) is 8.61. The number of benzene rings is 1. The summed E-state index contributed by atoms with van der Waals surface area (Å²) in [5.41, 5.74) is 0.567. The molecule has 5 heteroatoms. The molecule has 0 atom stereocenters. The fraction of sp³-hybridized carbons (Fsp3) is 0.462. The van der Waals surface area contributed by atoms with E-state index < -0.39 is 0 Å². The predicted octanol–water partition coefficient (Wildman–Crippen LogP) is 1.77. The highest BCUT2D eigenvalue weighted by Gasteiger charge is 2.21. The lowest BCUT2D eigenvalue weighted by atomic mass is 10.1. The van der Waals surface area contributed by atoms with E-state index in [0.29, 0.717) is 5.56 Å². The van der Waals surface area contributed by atoms with Crippen molar-refractivity contribution in [3.8, 4) is 5.75 Å². The first kappa shape index (κ1) is 13.6. The molecule has 1 amide bonds. The van der Waals surface area contributed by atoms with Gasteiger partial charge in [0.2, 0.25) is 0 Å². The molecule has 18 heavy (non-hydrogen) atoms. The number of likely N-dealkylation sites (N-methyl/N-ethyl adjacent to an activating group) is 1. The number of hydrogen-bond acceptors (Lipinski definition) is 3. The van der Waals surface area contributed by atoms with E-state index in [0.717, 1.165) is 36.3 Å². The van der Waals surface area contributed by atoms with Gasteiger partial charge in [-0.25, -0.2) is 0 Å². The van der Waals surface area contributed by atoms with Crippen LogP contribution in [-0.4, -0.2) is 53.5 Å². The number of rotatable bonds is 2. The number of amides is 1. The maximum absolute atomic E-state index is 12.3. The molecule has 1 aliphatic rings. The zero-order chi connectivity index (χ0) is 13.1. The zero-order valence-electron chi connectivity index (χ0n) is 10.4. The lowest BCUT2D eigenvalue weighted by Crippen LogP contribution is -2.48. The molecular formula is C13H17IN2O2. The first-order valence-corrected chi connectivity index (χ1v) is 7.20. The molecule has 0 radical (unpaired) electrons. The van der Waals surface area contributed by atoms with Crippen LogP contribution in [0.2, 0.25) is 0 Å². The second-order valence-corrected chi connectivity index (χ2v) is 5.55. The molecule has 1 saturated heterocycles. The Morgan fingerprint density at radius 3 is 2.56 bits per heavy atom. The van der Waals surface area contributed by atoms with Crippen LogP contribution < -0.4 is 0 Å². The van der Waals surface area contributed by atoms with Crippen LogP contribution in [0, 0.1) is 3.57 Å². The van der Waals surface area contributed by atoms with Crippen LogP contribution in [0.15, 0.2) is 18.2 Å². The van der Waals surface area contributed by atoms with Crippen molar-refractivity contribution in [2.24, 2.45) is 0 Å². The lowest BCUT2D eigenvalue weighted by molar-refractivity contribution is 0.0643. The summed E-state index contributed by atoms with van der Waals surface area (Å²) < 4.78 is 0.764. The number of hydrogen-bond donors (Lipinski definition) is 1. The van der Waals surface area contributed by atoms with Gasteiger partial charge in [-0.2, -0.15) is 0 Å². The fourth-order valence-corrected chi connectivity index (χ4v) is 2.43.